The van der Waals surface area contributed by atoms with Crippen molar-refractivity contribution in [2.24, 2.45) is 0 Å². The monoisotopic (exact) mass is 409 g/mol. The Balaban J connectivity index is 1.78. The summed E-state index contributed by atoms with van der Waals surface area (Å²) in [6, 6.07) is 11.0. The first-order chi connectivity index (χ1) is 14.0. The molecule has 7 nitrogen and oxygen atoms in total. The molecule has 4 aromatic rings. The third-order valence-electron chi connectivity index (χ3n) is 4.51. The maximum atomic E-state index is 13.2. The van der Waals surface area contributed by atoms with Crippen LogP contribution in [0.2, 0.25) is 0 Å². The van der Waals surface area contributed by atoms with E-state index in [-0.39, 0.29) is 5.91 Å². The zero-order valence-electron chi connectivity index (χ0n) is 16.4. The second-order valence-corrected chi connectivity index (χ2v) is 7.72. The van der Waals surface area contributed by atoms with Gasteiger partial charge in [0.25, 0.3) is 11.6 Å². The lowest BCUT2D eigenvalue weighted by atomic mass is 10.1. The highest BCUT2D eigenvalue weighted by Gasteiger charge is 2.21. The third kappa shape index (κ3) is 3.54. The molecule has 0 unspecified atom stereocenters. The van der Waals surface area contributed by atoms with Crippen molar-refractivity contribution in [3.8, 4) is 22.1 Å². The van der Waals surface area contributed by atoms with E-state index in [1.807, 2.05) is 19.1 Å². The summed E-state index contributed by atoms with van der Waals surface area (Å²) in [7, 11) is 3.11. The molecule has 0 radical (unpaired) electrons. The summed E-state index contributed by atoms with van der Waals surface area (Å²) in [6.07, 6.45) is 0. The zero-order chi connectivity index (χ0) is 20.5. The summed E-state index contributed by atoms with van der Waals surface area (Å²) in [5.74, 6) is 0.831. The molecule has 0 spiro atoms. The molecule has 0 aliphatic carbocycles. The minimum absolute atomic E-state index is 0.304. The molecule has 29 heavy (non-hydrogen) atoms. The van der Waals surface area contributed by atoms with Crippen molar-refractivity contribution >= 4 is 34.0 Å². The van der Waals surface area contributed by atoms with Gasteiger partial charge in [-0.2, -0.15) is 0 Å². The molecular weight excluding hydrogens is 390 g/mol. The van der Waals surface area contributed by atoms with Gasteiger partial charge in [-0.3, -0.25) is 4.79 Å². The van der Waals surface area contributed by atoms with Gasteiger partial charge in [0.1, 0.15) is 11.5 Å². The fourth-order valence-electron chi connectivity index (χ4n) is 3.06. The molecular formula is C21H19N3O4S. The van der Waals surface area contributed by atoms with E-state index in [4.69, 9.17) is 14.0 Å². The van der Waals surface area contributed by atoms with Crippen LogP contribution in [0, 0.1) is 13.8 Å². The Hall–Kier alpha value is -3.39. The topological polar surface area (TPSA) is 86.5 Å². The number of hydrogen-bond donors (Lipinski definition) is 1. The van der Waals surface area contributed by atoms with Crippen molar-refractivity contribution in [2.75, 3.05) is 19.5 Å². The number of aromatic nitrogens is 2. The Morgan fingerprint density at radius 2 is 1.93 bits per heavy atom. The summed E-state index contributed by atoms with van der Waals surface area (Å²) in [6.45, 7) is 3.81. The van der Waals surface area contributed by atoms with Crippen molar-refractivity contribution in [3.63, 3.8) is 0 Å². The predicted molar refractivity (Wildman–Crippen MR) is 112 cm³/mol. The van der Waals surface area contributed by atoms with Gasteiger partial charge < -0.3 is 19.3 Å². The highest BCUT2D eigenvalue weighted by Crippen LogP contribution is 2.33. The first kappa shape index (κ1) is 18.9. The van der Waals surface area contributed by atoms with Gasteiger partial charge in [0.05, 0.1) is 47.1 Å². The number of pyridine rings is 1. The average molecular weight is 409 g/mol. The van der Waals surface area contributed by atoms with E-state index >= 15 is 0 Å². The summed E-state index contributed by atoms with van der Waals surface area (Å²) < 4.78 is 15.9. The van der Waals surface area contributed by atoms with Gasteiger partial charge in [-0.1, -0.05) is 5.16 Å². The van der Waals surface area contributed by atoms with Crippen LogP contribution in [0.25, 0.3) is 21.7 Å². The number of nitrogens with one attached hydrogen (secondary N) is 1. The van der Waals surface area contributed by atoms with Gasteiger partial charge in [-0.05, 0) is 44.2 Å². The highest BCUT2D eigenvalue weighted by atomic mass is 32.1. The van der Waals surface area contributed by atoms with Crippen LogP contribution in [0.4, 0.5) is 5.69 Å². The van der Waals surface area contributed by atoms with Crippen molar-refractivity contribution < 1.29 is 18.8 Å². The molecule has 1 aromatic carbocycles. The number of ether oxygens (including phenoxy) is 2. The number of methoxy groups -OCH3 is 2. The first-order valence-electron chi connectivity index (χ1n) is 8.87. The lowest BCUT2D eigenvalue weighted by Gasteiger charge is -2.12. The molecule has 0 atom stereocenters. The van der Waals surface area contributed by atoms with Gasteiger partial charge in [-0.15, -0.1) is 11.3 Å². The molecule has 0 saturated carbocycles. The van der Waals surface area contributed by atoms with E-state index in [0.29, 0.717) is 45.2 Å². The number of carbonyl (C=O) groups is 1. The predicted octanol–water partition coefficient (Wildman–Crippen LogP) is 4.84. The number of rotatable bonds is 5. The van der Waals surface area contributed by atoms with Crippen LogP contribution in [-0.2, 0) is 0 Å². The van der Waals surface area contributed by atoms with Gasteiger partial charge in [0.2, 0.25) is 0 Å². The van der Waals surface area contributed by atoms with E-state index in [1.165, 1.54) is 7.11 Å². The molecule has 3 heterocycles. The maximum Gasteiger partial charge on any atom is 0.259 e. The molecule has 0 bridgehead atoms. The van der Waals surface area contributed by atoms with Crippen molar-refractivity contribution in [3.05, 3.63) is 52.5 Å². The molecule has 0 saturated heterocycles. The van der Waals surface area contributed by atoms with Crippen LogP contribution < -0.4 is 14.8 Å². The van der Waals surface area contributed by atoms with E-state index in [1.54, 1.807) is 49.6 Å². The Morgan fingerprint density at radius 3 is 2.62 bits per heavy atom. The number of nitrogens with zero attached hydrogens (tertiary/aromatic N) is 2. The summed E-state index contributed by atoms with van der Waals surface area (Å²) in [5, 5.41) is 7.49. The Bertz CT molecular complexity index is 1210. The van der Waals surface area contributed by atoms with Crippen molar-refractivity contribution in [2.45, 2.75) is 13.8 Å². The summed E-state index contributed by atoms with van der Waals surface area (Å²) in [5.41, 5.74) is 2.57. The van der Waals surface area contributed by atoms with Crippen LogP contribution in [0.15, 0.2) is 40.9 Å². The maximum absolute atomic E-state index is 13.2. The van der Waals surface area contributed by atoms with Crippen LogP contribution in [-0.4, -0.2) is 30.3 Å². The fourth-order valence-corrected chi connectivity index (χ4v) is 3.89. The second kappa shape index (κ2) is 7.56. The summed E-state index contributed by atoms with van der Waals surface area (Å²) >= 11 is 1.60. The number of amides is 1. The van der Waals surface area contributed by atoms with E-state index < -0.39 is 0 Å². The summed E-state index contributed by atoms with van der Waals surface area (Å²) in [4.78, 5) is 19.9. The first-order valence-corrected chi connectivity index (χ1v) is 9.69. The molecule has 4 rings (SSSR count). The Kier molecular flexibility index (Phi) is 4.94. The minimum atomic E-state index is -0.304. The molecule has 8 heteroatoms. The zero-order valence-corrected chi connectivity index (χ0v) is 17.2. The number of hydrogen-bond acceptors (Lipinski definition) is 7. The SMILES string of the molecule is COc1ccc(NC(=O)c2cc(-c3ccc(C)s3)nc3onc(C)c23)c(OC)c1. The fraction of sp³-hybridized carbons (Fsp3) is 0.190. The smallest absolute Gasteiger partial charge is 0.259 e. The van der Waals surface area contributed by atoms with Gasteiger partial charge >= 0.3 is 0 Å². The number of benzene rings is 1. The highest BCUT2D eigenvalue weighted by molar-refractivity contribution is 7.15. The molecule has 0 fully saturated rings. The lowest BCUT2D eigenvalue weighted by molar-refractivity contribution is 0.102. The quantitative estimate of drug-likeness (QED) is 0.508. The van der Waals surface area contributed by atoms with E-state index in [2.05, 4.69) is 15.5 Å². The molecule has 1 amide bonds. The minimum Gasteiger partial charge on any atom is -0.497 e. The normalized spacial score (nSPS) is 10.9. The molecule has 0 aliphatic heterocycles. The second-order valence-electron chi connectivity index (χ2n) is 6.43. The number of aryl methyl sites for hydroxylation is 2. The van der Waals surface area contributed by atoms with Crippen LogP contribution in [0.5, 0.6) is 11.5 Å². The Morgan fingerprint density at radius 1 is 1.10 bits per heavy atom. The molecule has 3 aromatic heterocycles. The number of thiophene rings is 1. The van der Waals surface area contributed by atoms with Gasteiger partial charge in [-0.25, -0.2) is 4.98 Å². The Labute approximate surface area is 171 Å². The van der Waals surface area contributed by atoms with Gasteiger partial charge in [0.15, 0.2) is 0 Å². The number of anilines is 1. The standard InChI is InChI=1S/C21H19N3O4S/c1-11-5-8-18(29-11)16-10-14(19-12(2)24-28-21(19)23-16)20(25)22-15-7-6-13(26-3)9-17(15)27-4/h5-10H,1-4H3,(H,22,25). The van der Waals surface area contributed by atoms with E-state index in [9.17, 15) is 4.79 Å². The van der Waals surface area contributed by atoms with E-state index in [0.717, 1.165) is 9.75 Å². The van der Waals surface area contributed by atoms with Crippen molar-refractivity contribution in [1.82, 2.24) is 10.1 Å². The van der Waals surface area contributed by atoms with Crippen molar-refractivity contribution in [1.29, 1.82) is 0 Å². The number of carbonyl (C=O) groups excluding carboxylic acids is 1. The molecule has 1 N–H and O–H groups in total. The molecule has 0 aliphatic rings. The van der Waals surface area contributed by atoms with Crippen LogP contribution in [0.1, 0.15) is 20.9 Å². The number of fused-ring (bicyclic) bond motifs is 1. The molecule has 148 valence electrons. The van der Waals surface area contributed by atoms with Gasteiger partial charge in [0, 0.05) is 10.9 Å². The largest absolute Gasteiger partial charge is 0.497 e. The third-order valence-corrected chi connectivity index (χ3v) is 5.53. The lowest BCUT2D eigenvalue weighted by Crippen LogP contribution is -2.14. The average Bonchev–Trinajstić information content (AvgIpc) is 3.33. The van der Waals surface area contributed by atoms with Crippen LogP contribution >= 0.6 is 11.3 Å². The van der Waals surface area contributed by atoms with Crippen LogP contribution in [0.3, 0.4) is 0 Å².